The molecule has 0 aromatic heterocycles. The smallest absolute Gasteiger partial charge is 0.243 e. The Morgan fingerprint density at radius 2 is 2.29 bits per heavy atom. The van der Waals surface area contributed by atoms with Crippen molar-refractivity contribution in [1.29, 1.82) is 0 Å². The number of benzene rings is 1. The molecule has 112 valence electrons. The molecule has 6 heteroatoms. The van der Waals surface area contributed by atoms with Crippen molar-refractivity contribution in [2.24, 2.45) is 0 Å². The lowest BCUT2D eigenvalue weighted by molar-refractivity contribution is -0.122. The third-order valence-corrected chi connectivity index (χ3v) is 3.20. The summed E-state index contributed by atoms with van der Waals surface area (Å²) in [6.07, 6.45) is 1.89. The second-order valence-corrected chi connectivity index (χ2v) is 4.66. The molecule has 0 saturated heterocycles. The van der Waals surface area contributed by atoms with E-state index in [0.717, 1.165) is 6.08 Å². The number of halogens is 1. The van der Waals surface area contributed by atoms with Gasteiger partial charge in [0.2, 0.25) is 11.8 Å². The maximum Gasteiger partial charge on any atom is 0.243 e. The van der Waals surface area contributed by atoms with E-state index < -0.39 is 5.82 Å². The van der Waals surface area contributed by atoms with Crippen LogP contribution in [0.5, 0.6) is 5.75 Å². The van der Waals surface area contributed by atoms with E-state index in [1.165, 1.54) is 6.07 Å². The second-order valence-electron chi connectivity index (χ2n) is 4.66. The lowest BCUT2D eigenvalue weighted by Crippen LogP contribution is -2.34. The molecule has 21 heavy (non-hydrogen) atoms. The molecule has 1 aliphatic rings. The fourth-order valence-corrected chi connectivity index (χ4v) is 2.17. The summed E-state index contributed by atoms with van der Waals surface area (Å²) in [4.78, 5) is 22.8. The fraction of sp³-hybridized carbons (Fsp3) is 0.333. The number of hydrogen-bond donors (Lipinski definition) is 2. The molecule has 1 heterocycles. The lowest BCUT2D eigenvalue weighted by atomic mass is 10.00. The molecule has 0 spiro atoms. The number of rotatable bonds is 5. The Bertz CT molecular complexity index is 560. The summed E-state index contributed by atoms with van der Waals surface area (Å²) in [5.74, 6) is -0.749. The van der Waals surface area contributed by atoms with Gasteiger partial charge in [-0.05, 0) is 12.1 Å². The molecule has 1 aromatic carbocycles. The normalized spacial score (nSPS) is 16.3. The Kier molecular flexibility index (Phi) is 4.92. The largest absolute Gasteiger partial charge is 0.490 e. The van der Waals surface area contributed by atoms with Gasteiger partial charge in [0.05, 0.1) is 12.6 Å². The zero-order valence-electron chi connectivity index (χ0n) is 11.5. The Morgan fingerprint density at radius 1 is 1.48 bits per heavy atom. The van der Waals surface area contributed by atoms with Crippen LogP contribution in [0.4, 0.5) is 4.39 Å². The summed E-state index contributed by atoms with van der Waals surface area (Å²) < 4.78 is 18.9. The molecule has 1 atom stereocenters. The SMILES string of the molecule is C=CC(=O)NCCC(=O)N[C@H]1CCOc2c(F)cccc21. The van der Waals surface area contributed by atoms with E-state index in [1.54, 1.807) is 12.1 Å². The predicted octanol–water partition coefficient (Wildman–Crippen LogP) is 1.46. The topological polar surface area (TPSA) is 67.4 Å². The number of carbonyl (C=O) groups excluding carboxylic acids is 2. The number of nitrogens with one attached hydrogen (secondary N) is 2. The maximum atomic E-state index is 13.6. The van der Waals surface area contributed by atoms with E-state index in [1.807, 2.05) is 0 Å². The highest BCUT2D eigenvalue weighted by atomic mass is 19.1. The van der Waals surface area contributed by atoms with Crippen molar-refractivity contribution in [1.82, 2.24) is 10.6 Å². The Balaban J connectivity index is 1.92. The monoisotopic (exact) mass is 292 g/mol. The van der Waals surface area contributed by atoms with Crippen LogP contribution in [-0.4, -0.2) is 25.0 Å². The van der Waals surface area contributed by atoms with Gasteiger partial charge in [-0.3, -0.25) is 9.59 Å². The van der Waals surface area contributed by atoms with Crippen molar-refractivity contribution in [2.45, 2.75) is 18.9 Å². The molecule has 0 aliphatic carbocycles. The first-order valence-electron chi connectivity index (χ1n) is 6.72. The Morgan fingerprint density at radius 3 is 3.05 bits per heavy atom. The number of carbonyl (C=O) groups is 2. The van der Waals surface area contributed by atoms with Crippen molar-refractivity contribution in [2.75, 3.05) is 13.2 Å². The van der Waals surface area contributed by atoms with Crippen LogP contribution in [0.25, 0.3) is 0 Å². The predicted molar refractivity (Wildman–Crippen MR) is 75.2 cm³/mol. The van der Waals surface area contributed by atoms with Gasteiger partial charge in [0.25, 0.3) is 0 Å². The Hall–Kier alpha value is -2.37. The summed E-state index contributed by atoms with van der Waals surface area (Å²) in [5, 5.41) is 5.36. The summed E-state index contributed by atoms with van der Waals surface area (Å²) >= 11 is 0. The minimum absolute atomic E-state index is 0.154. The van der Waals surface area contributed by atoms with Crippen LogP contribution in [0.15, 0.2) is 30.9 Å². The van der Waals surface area contributed by atoms with Gasteiger partial charge < -0.3 is 15.4 Å². The number of fused-ring (bicyclic) bond motifs is 1. The van der Waals surface area contributed by atoms with Gasteiger partial charge in [-0.15, -0.1) is 0 Å². The van der Waals surface area contributed by atoms with Gasteiger partial charge in [0, 0.05) is 24.9 Å². The van der Waals surface area contributed by atoms with Gasteiger partial charge in [-0.1, -0.05) is 18.7 Å². The molecule has 1 aliphatic heterocycles. The third-order valence-electron chi connectivity index (χ3n) is 3.20. The zero-order chi connectivity index (χ0) is 15.2. The number of para-hydroxylation sites is 1. The zero-order valence-corrected chi connectivity index (χ0v) is 11.5. The molecule has 0 unspecified atom stereocenters. The highest BCUT2D eigenvalue weighted by Crippen LogP contribution is 2.33. The first kappa shape index (κ1) is 15.0. The van der Waals surface area contributed by atoms with Crippen LogP contribution in [-0.2, 0) is 9.59 Å². The molecule has 0 saturated carbocycles. The minimum atomic E-state index is -0.426. The lowest BCUT2D eigenvalue weighted by Gasteiger charge is -2.26. The molecule has 0 radical (unpaired) electrons. The summed E-state index contributed by atoms with van der Waals surface area (Å²) in [6, 6.07) is 4.38. The summed E-state index contributed by atoms with van der Waals surface area (Å²) in [5.41, 5.74) is 0.643. The van der Waals surface area contributed by atoms with Crippen molar-refractivity contribution >= 4 is 11.8 Å². The number of hydrogen-bond acceptors (Lipinski definition) is 3. The summed E-state index contributed by atoms with van der Waals surface area (Å²) in [6.45, 7) is 3.91. The molecule has 5 nitrogen and oxygen atoms in total. The quantitative estimate of drug-likeness (QED) is 0.807. The van der Waals surface area contributed by atoms with Gasteiger partial charge in [-0.2, -0.15) is 0 Å². The van der Waals surface area contributed by atoms with Crippen LogP contribution < -0.4 is 15.4 Å². The molecule has 2 N–H and O–H groups in total. The highest BCUT2D eigenvalue weighted by molar-refractivity contribution is 5.87. The molecule has 0 fully saturated rings. The highest BCUT2D eigenvalue weighted by Gasteiger charge is 2.25. The fourth-order valence-electron chi connectivity index (χ4n) is 2.17. The summed E-state index contributed by atoms with van der Waals surface area (Å²) in [7, 11) is 0. The first-order chi connectivity index (χ1) is 10.1. The molecular formula is C15H17FN2O3. The van der Waals surface area contributed by atoms with E-state index in [0.29, 0.717) is 18.6 Å². The molecule has 1 aromatic rings. The minimum Gasteiger partial charge on any atom is -0.490 e. The van der Waals surface area contributed by atoms with Crippen molar-refractivity contribution < 1.29 is 18.7 Å². The second kappa shape index (κ2) is 6.88. The molecule has 2 rings (SSSR count). The molecular weight excluding hydrogens is 275 g/mol. The van der Waals surface area contributed by atoms with Gasteiger partial charge in [0.1, 0.15) is 0 Å². The van der Waals surface area contributed by atoms with Crippen LogP contribution in [0.1, 0.15) is 24.4 Å². The van der Waals surface area contributed by atoms with Crippen LogP contribution >= 0.6 is 0 Å². The van der Waals surface area contributed by atoms with E-state index >= 15 is 0 Å². The van der Waals surface area contributed by atoms with Crippen LogP contribution in [0.3, 0.4) is 0 Å². The average molecular weight is 292 g/mol. The van der Waals surface area contributed by atoms with E-state index in [4.69, 9.17) is 4.74 Å². The van der Waals surface area contributed by atoms with Crippen molar-refractivity contribution in [3.63, 3.8) is 0 Å². The first-order valence-corrected chi connectivity index (χ1v) is 6.72. The van der Waals surface area contributed by atoms with Gasteiger partial charge in [-0.25, -0.2) is 4.39 Å². The van der Waals surface area contributed by atoms with Crippen molar-refractivity contribution in [3.8, 4) is 5.75 Å². The van der Waals surface area contributed by atoms with Crippen LogP contribution in [0.2, 0.25) is 0 Å². The van der Waals surface area contributed by atoms with E-state index in [9.17, 15) is 14.0 Å². The van der Waals surface area contributed by atoms with Crippen molar-refractivity contribution in [3.05, 3.63) is 42.2 Å². The van der Waals surface area contributed by atoms with E-state index in [-0.39, 0.29) is 36.6 Å². The third kappa shape index (κ3) is 3.81. The standard InChI is InChI=1S/C15H17FN2O3/c1-2-13(19)17-8-6-14(20)18-12-7-9-21-15-10(12)4-3-5-11(15)16/h2-5,12H,1,6-9H2,(H,17,19)(H,18,20)/t12-/m0/s1. The van der Waals surface area contributed by atoms with Crippen LogP contribution in [0, 0.1) is 5.82 Å². The Labute approximate surface area is 122 Å². The van der Waals surface area contributed by atoms with E-state index in [2.05, 4.69) is 17.2 Å². The number of ether oxygens (including phenoxy) is 1. The maximum absolute atomic E-state index is 13.6. The van der Waals surface area contributed by atoms with Gasteiger partial charge >= 0.3 is 0 Å². The molecule has 0 bridgehead atoms. The van der Waals surface area contributed by atoms with Gasteiger partial charge in [0.15, 0.2) is 11.6 Å². The average Bonchev–Trinajstić information content (AvgIpc) is 2.48. The molecule has 2 amide bonds. The number of amides is 2.